The van der Waals surface area contributed by atoms with Crippen molar-refractivity contribution in [2.75, 3.05) is 6.54 Å². The molecule has 1 aromatic carbocycles. The van der Waals surface area contributed by atoms with Gasteiger partial charge in [0.25, 0.3) is 0 Å². The van der Waals surface area contributed by atoms with Gasteiger partial charge in [0.1, 0.15) is 0 Å². The average Bonchev–Trinajstić information content (AvgIpc) is 3.10. The molecule has 0 spiro atoms. The first-order valence-corrected chi connectivity index (χ1v) is 8.00. The summed E-state index contributed by atoms with van der Waals surface area (Å²) in [6.45, 7) is 4.65. The number of hydrogen-bond donors (Lipinski definition) is 0. The van der Waals surface area contributed by atoms with E-state index in [1.807, 2.05) is 13.8 Å². The average molecular weight is 288 g/mol. The van der Waals surface area contributed by atoms with Gasteiger partial charge in [0, 0.05) is 17.6 Å². The van der Waals surface area contributed by atoms with Crippen LogP contribution in [0.4, 0.5) is 0 Å². The molecule has 0 bridgehead atoms. The van der Waals surface area contributed by atoms with E-state index in [-0.39, 0.29) is 6.04 Å². The fraction of sp³-hybridized carbons (Fsp3) is 0.538. The standard InChI is InChI=1S/C13H18ClNO2S/c1-10(2)9-15(12-5-6-12)18(16,17)13-7-3-11(14)4-8-13/h3-4,7-8,10,12H,5-6,9H2,1-2H3. The molecular weight excluding hydrogens is 270 g/mol. The third-order valence-corrected chi connectivity index (χ3v) is 5.10. The topological polar surface area (TPSA) is 37.4 Å². The summed E-state index contributed by atoms with van der Waals surface area (Å²) in [7, 11) is -3.37. The largest absolute Gasteiger partial charge is 0.243 e. The Labute approximate surface area is 114 Å². The van der Waals surface area contributed by atoms with E-state index in [9.17, 15) is 8.42 Å². The van der Waals surface area contributed by atoms with E-state index in [0.29, 0.717) is 22.4 Å². The normalized spacial score (nSPS) is 16.5. The zero-order chi connectivity index (χ0) is 13.3. The molecule has 0 saturated heterocycles. The van der Waals surface area contributed by atoms with Crippen molar-refractivity contribution in [2.45, 2.75) is 37.6 Å². The van der Waals surface area contributed by atoms with Crippen molar-refractivity contribution in [3.63, 3.8) is 0 Å². The van der Waals surface area contributed by atoms with Crippen LogP contribution in [0.5, 0.6) is 0 Å². The summed E-state index contributed by atoms with van der Waals surface area (Å²) >= 11 is 5.79. The summed E-state index contributed by atoms with van der Waals surface area (Å²) in [5.74, 6) is 0.327. The Kier molecular flexibility index (Phi) is 3.99. The first kappa shape index (κ1) is 13.8. The van der Waals surface area contributed by atoms with Gasteiger partial charge in [-0.05, 0) is 43.0 Å². The van der Waals surface area contributed by atoms with Crippen LogP contribution in [-0.4, -0.2) is 25.3 Å². The molecule has 0 aliphatic heterocycles. The van der Waals surface area contributed by atoms with Crippen molar-refractivity contribution in [3.05, 3.63) is 29.3 Å². The number of halogens is 1. The van der Waals surface area contributed by atoms with E-state index >= 15 is 0 Å². The van der Waals surface area contributed by atoms with E-state index in [2.05, 4.69) is 0 Å². The van der Waals surface area contributed by atoms with Crippen LogP contribution in [0, 0.1) is 5.92 Å². The van der Waals surface area contributed by atoms with E-state index in [1.54, 1.807) is 28.6 Å². The van der Waals surface area contributed by atoms with Crippen molar-refractivity contribution in [2.24, 2.45) is 5.92 Å². The molecule has 0 atom stereocenters. The highest BCUT2D eigenvalue weighted by Gasteiger charge is 2.38. The maximum absolute atomic E-state index is 12.5. The van der Waals surface area contributed by atoms with Gasteiger partial charge >= 0.3 is 0 Å². The zero-order valence-electron chi connectivity index (χ0n) is 10.6. The lowest BCUT2D eigenvalue weighted by molar-refractivity contribution is 0.360. The molecule has 1 aliphatic rings. The first-order chi connectivity index (χ1) is 8.41. The van der Waals surface area contributed by atoms with Crippen molar-refractivity contribution in [1.82, 2.24) is 4.31 Å². The molecular formula is C13H18ClNO2S. The summed E-state index contributed by atoms with van der Waals surface area (Å²) in [6.07, 6.45) is 1.94. The summed E-state index contributed by atoms with van der Waals surface area (Å²) in [6, 6.07) is 6.58. The van der Waals surface area contributed by atoms with E-state index in [0.717, 1.165) is 12.8 Å². The second-order valence-corrected chi connectivity index (χ2v) is 7.48. The maximum Gasteiger partial charge on any atom is 0.243 e. The van der Waals surface area contributed by atoms with Gasteiger partial charge in [-0.2, -0.15) is 4.31 Å². The van der Waals surface area contributed by atoms with Crippen LogP contribution in [0.1, 0.15) is 26.7 Å². The van der Waals surface area contributed by atoms with Crippen molar-refractivity contribution in [1.29, 1.82) is 0 Å². The molecule has 18 heavy (non-hydrogen) atoms. The monoisotopic (exact) mass is 287 g/mol. The van der Waals surface area contributed by atoms with Crippen LogP contribution >= 0.6 is 11.6 Å². The third-order valence-electron chi connectivity index (χ3n) is 2.92. The molecule has 0 heterocycles. The molecule has 0 unspecified atom stereocenters. The van der Waals surface area contributed by atoms with Gasteiger partial charge in [0.05, 0.1) is 4.90 Å². The van der Waals surface area contributed by atoms with Crippen LogP contribution in [0.25, 0.3) is 0 Å². The summed E-state index contributed by atoms with van der Waals surface area (Å²) in [5.41, 5.74) is 0. The van der Waals surface area contributed by atoms with E-state index in [4.69, 9.17) is 11.6 Å². The van der Waals surface area contributed by atoms with Crippen LogP contribution < -0.4 is 0 Å². The highest BCUT2D eigenvalue weighted by molar-refractivity contribution is 7.89. The van der Waals surface area contributed by atoms with Gasteiger partial charge in [0.15, 0.2) is 0 Å². The molecule has 1 fully saturated rings. The van der Waals surface area contributed by atoms with Crippen LogP contribution in [0.3, 0.4) is 0 Å². The molecule has 2 rings (SSSR count). The lowest BCUT2D eigenvalue weighted by atomic mass is 10.2. The number of sulfonamides is 1. The van der Waals surface area contributed by atoms with Crippen molar-refractivity contribution >= 4 is 21.6 Å². The summed E-state index contributed by atoms with van der Waals surface area (Å²) < 4.78 is 26.7. The Bertz CT molecular complexity index is 506. The Hall–Kier alpha value is -0.580. The van der Waals surface area contributed by atoms with E-state index < -0.39 is 10.0 Å². The molecule has 0 radical (unpaired) electrons. The number of hydrogen-bond acceptors (Lipinski definition) is 2. The molecule has 0 aromatic heterocycles. The Morgan fingerprint density at radius 3 is 2.28 bits per heavy atom. The number of rotatable bonds is 5. The SMILES string of the molecule is CC(C)CN(C1CC1)S(=O)(=O)c1ccc(Cl)cc1. The lowest BCUT2D eigenvalue weighted by Gasteiger charge is -2.23. The Morgan fingerprint density at radius 1 is 1.28 bits per heavy atom. The van der Waals surface area contributed by atoms with Crippen LogP contribution in [-0.2, 0) is 10.0 Å². The zero-order valence-corrected chi connectivity index (χ0v) is 12.2. The molecule has 100 valence electrons. The molecule has 1 aromatic rings. The smallest absolute Gasteiger partial charge is 0.207 e. The van der Waals surface area contributed by atoms with Gasteiger partial charge in [-0.15, -0.1) is 0 Å². The number of nitrogens with zero attached hydrogens (tertiary/aromatic N) is 1. The highest BCUT2D eigenvalue weighted by Crippen LogP contribution is 2.32. The minimum absolute atomic E-state index is 0.188. The minimum atomic E-state index is -3.37. The highest BCUT2D eigenvalue weighted by atomic mass is 35.5. The molecule has 1 saturated carbocycles. The summed E-state index contributed by atoms with van der Waals surface area (Å²) in [5, 5.41) is 0.552. The van der Waals surface area contributed by atoms with Crippen molar-refractivity contribution in [3.8, 4) is 0 Å². The first-order valence-electron chi connectivity index (χ1n) is 6.18. The van der Waals surface area contributed by atoms with Gasteiger partial charge in [-0.1, -0.05) is 25.4 Å². The maximum atomic E-state index is 12.5. The van der Waals surface area contributed by atoms with Crippen LogP contribution in [0.2, 0.25) is 5.02 Å². The Balaban J connectivity index is 2.29. The molecule has 5 heteroatoms. The van der Waals surface area contributed by atoms with Gasteiger partial charge < -0.3 is 0 Å². The fourth-order valence-corrected chi connectivity index (χ4v) is 3.88. The predicted molar refractivity (Wildman–Crippen MR) is 73.2 cm³/mol. The number of benzene rings is 1. The Morgan fingerprint density at radius 2 is 1.83 bits per heavy atom. The molecule has 0 N–H and O–H groups in total. The second-order valence-electron chi connectivity index (χ2n) is 5.15. The van der Waals surface area contributed by atoms with Crippen molar-refractivity contribution < 1.29 is 8.42 Å². The van der Waals surface area contributed by atoms with Gasteiger partial charge in [0.2, 0.25) is 10.0 Å². The molecule has 0 amide bonds. The fourth-order valence-electron chi connectivity index (χ4n) is 1.91. The minimum Gasteiger partial charge on any atom is -0.207 e. The predicted octanol–water partition coefficient (Wildman–Crippen LogP) is 3.15. The molecule has 3 nitrogen and oxygen atoms in total. The van der Waals surface area contributed by atoms with Gasteiger partial charge in [-0.25, -0.2) is 8.42 Å². The molecule has 1 aliphatic carbocycles. The quantitative estimate of drug-likeness (QED) is 0.834. The lowest BCUT2D eigenvalue weighted by Crippen LogP contribution is -2.36. The second kappa shape index (κ2) is 5.19. The van der Waals surface area contributed by atoms with Gasteiger partial charge in [-0.3, -0.25) is 0 Å². The summed E-state index contributed by atoms with van der Waals surface area (Å²) in [4.78, 5) is 0.333. The van der Waals surface area contributed by atoms with E-state index in [1.165, 1.54) is 0 Å². The van der Waals surface area contributed by atoms with Crippen LogP contribution in [0.15, 0.2) is 29.2 Å². The third kappa shape index (κ3) is 3.05.